The first kappa shape index (κ1) is 22.6. The molecule has 7 heteroatoms. The van der Waals surface area contributed by atoms with Gasteiger partial charge in [-0.3, -0.25) is 5.32 Å². The van der Waals surface area contributed by atoms with Gasteiger partial charge in [-0.2, -0.15) is 13.2 Å². The quantitative estimate of drug-likeness (QED) is 0.442. The summed E-state index contributed by atoms with van der Waals surface area (Å²) in [5.74, 6) is 0. The third kappa shape index (κ3) is 6.46. The van der Waals surface area contributed by atoms with Gasteiger partial charge in [-0.05, 0) is 56.2 Å². The van der Waals surface area contributed by atoms with Crippen LogP contribution in [-0.4, -0.2) is 11.7 Å². The Morgan fingerprint density at radius 3 is 2.19 bits per heavy atom. The summed E-state index contributed by atoms with van der Waals surface area (Å²) in [6.45, 7) is 5.33. The highest BCUT2D eigenvalue weighted by Crippen LogP contribution is 2.43. The molecule has 0 unspecified atom stereocenters. The summed E-state index contributed by atoms with van der Waals surface area (Å²) in [5, 5.41) is 2.64. The van der Waals surface area contributed by atoms with Crippen LogP contribution in [0.1, 0.15) is 36.1 Å². The minimum Gasteiger partial charge on any atom is -0.444 e. The van der Waals surface area contributed by atoms with E-state index in [2.05, 4.69) is 5.32 Å². The molecule has 0 saturated carbocycles. The van der Waals surface area contributed by atoms with E-state index in [9.17, 15) is 18.0 Å². The van der Waals surface area contributed by atoms with Crippen LogP contribution in [0.5, 0.6) is 0 Å². The average molecular weight is 446 g/mol. The minimum absolute atomic E-state index is 0.176. The highest BCUT2D eigenvalue weighted by Gasteiger charge is 2.36. The van der Waals surface area contributed by atoms with Crippen LogP contribution in [0.15, 0.2) is 60.7 Å². The van der Waals surface area contributed by atoms with Crippen LogP contribution in [0.2, 0.25) is 0 Å². The number of hydrogen-bond acceptors (Lipinski definition) is 3. The number of hydrogen-bond donors (Lipinski definition) is 1. The van der Waals surface area contributed by atoms with Crippen molar-refractivity contribution in [3.63, 3.8) is 0 Å². The topological polar surface area (TPSA) is 38.3 Å². The molecule has 3 nitrogen and oxygen atoms in total. The van der Waals surface area contributed by atoms with Crippen molar-refractivity contribution in [2.45, 2.75) is 32.5 Å². The zero-order valence-electron chi connectivity index (χ0n) is 17.3. The van der Waals surface area contributed by atoms with E-state index in [1.807, 2.05) is 0 Å². The first-order valence-electron chi connectivity index (χ1n) is 9.56. The predicted molar refractivity (Wildman–Crippen MR) is 120 cm³/mol. The van der Waals surface area contributed by atoms with E-state index in [1.165, 1.54) is 0 Å². The van der Waals surface area contributed by atoms with Crippen LogP contribution in [-0.2, 0) is 10.9 Å². The summed E-state index contributed by atoms with van der Waals surface area (Å²) in [6.07, 6.45) is -1.58. The van der Waals surface area contributed by atoms with Crippen molar-refractivity contribution in [1.82, 2.24) is 0 Å². The van der Waals surface area contributed by atoms with Crippen molar-refractivity contribution in [3.05, 3.63) is 76.0 Å². The van der Waals surface area contributed by atoms with E-state index in [0.29, 0.717) is 27.5 Å². The second-order valence-electron chi connectivity index (χ2n) is 7.84. The van der Waals surface area contributed by atoms with Crippen LogP contribution in [0.4, 0.5) is 23.7 Å². The smallest absolute Gasteiger partial charge is 0.426 e. The van der Waals surface area contributed by atoms with Crippen molar-refractivity contribution in [2.75, 3.05) is 5.32 Å². The van der Waals surface area contributed by atoms with E-state index in [-0.39, 0.29) is 5.56 Å². The lowest BCUT2D eigenvalue weighted by molar-refractivity contribution is -0.133. The number of alkyl halides is 3. The number of anilines is 1. The number of carbonyl (C=O) groups excluding carboxylic acids is 1. The number of thiophene rings is 1. The molecule has 0 fully saturated rings. The third-order valence-electron chi connectivity index (χ3n) is 4.09. The average Bonchev–Trinajstić information content (AvgIpc) is 3.11. The summed E-state index contributed by atoms with van der Waals surface area (Å²) in [6, 6.07) is 17.0. The monoisotopic (exact) mass is 445 g/mol. The van der Waals surface area contributed by atoms with E-state index >= 15 is 0 Å². The molecule has 1 heterocycles. The molecule has 162 valence electrons. The molecule has 0 bridgehead atoms. The Labute approximate surface area is 183 Å². The molecule has 1 amide bonds. The number of benzene rings is 2. The molecule has 3 aromatic rings. The Morgan fingerprint density at radius 2 is 1.61 bits per heavy atom. The maximum Gasteiger partial charge on any atom is 0.426 e. The number of ether oxygens (including phenoxy) is 1. The number of nitrogens with one attached hydrogen (secondary N) is 1. The molecule has 1 aromatic heterocycles. The summed E-state index contributed by atoms with van der Waals surface area (Å²) in [7, 11) is 0. The molecular formula is C24H22F3NO2S. The van der Waals surface area contributed by atoms with Gasteiger partial charge in [0.15, 0.2) is 0 Å². The van der Waals surface area contributed by atoms with Gasteiger partial charge in [0.25, 0.3) is 0 Å². The molecule has 3 rings (SSSR count). The minimum atomic E-state index is -4.42. The summed E-state index contributed by atoms with van der Waals surface area (Å²) in [4.78, 5) is 11.7. The molecule has 2 aromatic carbocycles. The molecule has 0 saturated heterocycles. The summed E-state index contributed by atoms with van der Waals surface area (Å²) >= 11 is 0.712. The van der Waals surface area contributed by atoms with Gasteiger partial charge in [0.05, 0.1) is 0 Å². The van der Waals surface area contributed by atoms with Gasteiger partial charge in [0.1, 0.15) is 10.5 Å². The largest absolute Gasteiger partial charge is 0.444 e. The van der Waals surface area contributed by atoms with E-state index < -0.39 is 22.7 Å². The van der Waals surface area contributed by atoms with Gasteiger partial charge in [0, 0.05) is 16.1 Å². The van der Waals surface area contributed by atoms with Crippen molar-refractivity contribution in [2.24, 2.45) is 0 Å². The first-order chi connectivity index (χ1) is 14.5. The molecule has 0 aliphatic rings. The third-order valence-corrected chi connectivity index (χ3v) is 5.23. The second-order valence-corrected chi connectivity index (χ2v) is 8.92. The highest BCUT2D eigenvalue weighted by atomic mass is 32.1. The van der Waals surface area contributed by atoms with Crippen molar-refractivity contribution in [3.8, 4) is 11.1 Å². The Hall–Kier alpha value is -3.06. The van der Waals surface area contributed by atoms with Crippen LogP contribution in [0, 0.1) is 0 Å². The van der Waals surface area contributed by atoms with E-state index in [1.54, 1.807) is 93.6 Å². The zero-order chi connectivity index (χ0) is 22.6. The molecule has 0 atom stereocenters. The molecule has 0 aliphatic carbocycles. The van der Waals surface area contributed by atoms with Gasteiger partial charge < -0.3 is 4.74 Å². The fourth-order valence-electron chi connectivity index (χ4n) is 2.81. The molecule has 0 spiro atoms. The molecule has 31 heavy (non-hydrogen) atoms. The standard InChI is InChI=1S/C24H22F3NO2S/c1-23(2,3)30-22(29)28-18-12-9-16(10-13-18)11-14-19-15-20(17-7-5-4-6-8-17)21(31-19)24(25,26)27/h4-15H,1-3H3,(H,28,29)/b14-11+. The molecule has 0 aliphatic heterocycles. The van der Waals surface area contributed by atoms with Crippen LogP contribution >= 0.6 is 11.3 Å². The van der Waals surface area contributed by atoms with Crippen LogP contribution in [0.25, 0.3) is 23.3 Å². The summed E-state index contributed by atoms with van der Waals surface area (Å²) < 4.78 is 45.7. The molecular weight excluding hydrogens is 423 g/mol. The lowest BCUT2D eigenvalue weighted by Crippen LogP contribution is -2.27. The van der Waals surface area contributed by atoms with Gasteiger partial charge in [-0.1, -0.05) is 48.5 Å². The lowest BCUT2D eigenvalue weighted by atomic mass is 10.1. The maximum absolute atomic E-state index is 13.5. The first-order valence-corrected chi connectivity index (χ1v) is 10.4. The highest BCUT2D eigenvalue weighted by molar-refractivity contribution is 7.13. The van der Waals surface area contributed by atoms with Crippen molar-refractivity contribution >= 4 is 35.3 Å². The number of rotatable bonds is 4. The summed E-state index contributed by atoms with van der Waals surface area (Å²) in [5.41, 5.74) is 1.46. The van der Waals surface area contributed by atoms with Crippen LogP contribution in [0.3, 0.4) is 0 Å². The van der Waals surface area contributed by atoms with Crippen molar-refractivity contribution < 1.29 is 22.7 Å². The Bertz CT molecular complexity index is 1060. The van der Waals surface area contributed by atoms with Gasteiger partial charge in [-0.25, -0.2) is 4.79 Å². The molecule has 0 radical (unpaired) electrons. The number of carbonyl (C=O) groups is 1. The predicted octanol–water partition coefficient (Wildman–Crippen LogP) is 7.95. The zero-order valence-corrected chi connectivity index (χ0v) is 18.1. The Morgan fingerprint density at radius 1 is 0.968 bits per heavy atom. The van der Waals surface area contributed by atoms with Gasteiger partial charge in [-0.15, -0.1) is 11.3 Å². The fourth-order valence-corrected chi connectivity index (χ4v) is 3.76. The van der Waals surface area contributed by atoms with Crippen molar-refractivity contribution in [1.29, 1.82) is 0 Å². The van der Waals surface area contributed by atoms with E-state index in [4.69, 9.17) is 4.74 Å². The lowest BCUT2D eigenvalue weighted by Gasteiger charge is -2.19. The fraction of sp³-hybridized carbons (Fsp3) is 0.208. The number of halogens is 3. The maximum atomic E-state index is 13.5. The van der Waals surface area contributed by atoms with Gasteiger partial charge >= 0.3 is 12.3 Å². The normalized spacial score (nSPS) is 12.2. The Balaban J connectivity index is 1.76. The SMILES string of the molecule is CC(C)(C)OC(=O)Nc1ccc(/C=C/c2cc(-c3ccccc3)c(C(F)(F)F)s2)cc1. The second kappa shape index (κ2) is 8.98. The van der Waals surface area contributed by atoms with E-state index in [0.717, 1.165) is 5.56 Å². The van der Waals surface area contributed by atoms with Gasteiger partial charge in [0.2, 0.25) is 0 Å². The number of amides is 1. The Kier molecular flexibility index (Phi) is 6.55. The molecule has 1 N–H and O–H groups in total. The van der Waals surface area contributed by atoms with Crippen LogP contribution < -0.4 is 5.32 Å².